The van der Waals surface area contributed by atoms with Crippen LogP contribution in [0.1, 0.15) is 12.0 Å². The Hall–Kier alpha value is -3.13. The molecule has 1 heterocycles. The summed E-state index contributed by atoms with van der Waals surface area (Å²) in [6, 6.07) is 17.5. The monoisotopic (exact) mass is 397 g/mol. The van der Waals surface area contributed by atoms with E-state index < -0.39 is 0 Å². The molecule has 3 amide bonds. The quantitative estimate of drug-likeness (QED) is 0.627. The number of thiazole rings is 1. The number of hydrogen-bond donors (Lipinski definition) is 2. The van der Waals surface area contributed by atoms with Crippen LogP contribution < -0.4 is 15.5 Å². The second-order valence-corrected chi connectivity index (χ2v) is 7.39. The van der Waals surface area contributed by atoms with Crippen LogP contribution in [0.3, 0.4) is 0 Å². The van der Waals surface area contributed by atoms with E-state index in [4.69, 9.17) is 0 Å². The van der Waals surface area contributed by atoms with Crippen molar-refractivity contribution in [3.8, 4) is 0 Å². The molecule has 146 valence electrons. The van der Waals surface area contributed by atoms with Gasteiger partial charge in [0.2, 0.25) is 10.7 Å². The molecule has 2 aromatic carbocycles. The SMILES string of the molecule is CN(Cc1ccccc1)C(=O)NCCC(=O)N/N=c1/sc2ccccc2n1C. The first kappa shape index (κ1) is 19.6. The second kappa shape index (κ2) is 9.18. The molecule has 8 heteroatoms. The van der Waals surface area contributed by atoms with Crippen molar-refractivity contribution in [1.29, 1.82) is 0 Å². The molecule has 0 saturated carbocycles. The van der Waals surface area contributed by atoms with Gasteiger partial charge in [-0.3, -0.25) is 4.79 Å². The van der Waals surface area contributed by atoms with E-state index >= 15 is 0 Å². The minimum absolute atomic E-state index is 0.156. The molecule has 2 N–H and O–H groups in total. The normalized spacial score (nSPS) is 11.4. The predicted molar refractivity (Wildman–Crippen MR) is 110 cm³/mol. The molecule has 0 fully saturated rings. The number of amides is 3. The highest BCUT2D eigenvalue weighted by molar-refractivity contribution is 7.16. The van der Waals surface area contributed by atoms with Crippen molar-refractivity contribution >= 4 is 33.5 Å². The number of benzene rings is 2. The summed E-state index contributed by atoms with van der Waals surface area (Å²) in [6.07, 6.45) is 0.156. The van der Waals surface area contributed by atoms with Crippen LogP contribution in [0, 0.1) is 0 Å². The lowest BCUT2D eigenvalue weighted by Gasteiger charge is -2.17. The first-order valence-corrected chi connectivity index (χ1v) is 9.76. The van der Waals surface area contributed by atoms with Gasteiger partial charge in [0.05, 0.1) is 10.2 Å². The van der Waals surface area contributed by atoms with E-state index in [9.17, 15) is 9.59 Å². The van der Waals surface area contributed by atoms with E-state index in [0.29, 0.717) is 11.3 Å². The smallest absolute Gasteiger partial charge is 0.317 e. The average Bonchev–Trinajstić information content (AvgIpc) is 3.03. The van der Waals surface area contributed by atoms with Crippen LogP contribution in [0.4, 0.5) is 4.79 Å². The number of carbonyl (C=O) groups is 2. The van der Waals surface area contributed by atoms with Crippen LogP contribution in [-0.2, 0) is 18.4 Å². The topological polar surface area (TPSA) is 78.7 Å². The minimum Gasteiger partial charge on any atom is -0.337 e. The van der Waals surface area contributed by atoms with E-state index in [-0.39, 0.29) is 24.9 Å². The van der Waals surface area contributed by atoms with Crippen molar-refractivity contribution in [2.45, 2.75) is 13.0 Å². The summed E-state index contributed by atoms with van der Waals surface area (Å²) >= 11 is 1.50. The molecule has 0 bridgehead atoms. The summed E-state index contributed by atoms with van der Waals surface area (Å²) in [7, 11) is 3.63. The lowest BCUT2D eigenvalue weighted by Crippen LogP contribution is -2.38. The third-order valence-corrected chi connectivity index (χ3v) is 5.34. The van der Waals surface area contributed by atoms with Gasteiger partial charge in [0.25, 0.3) is 0 Å². The van der Waals surface area contributed by atoms with Gasteiger partial charge in [-0.2, -0.15) is 0 Å². The van der Waals surface area contributed by atoms with Gasteiger partial charge in [0.1, 0.15) is 0 Å². The zero-order valence-electron chi connectivity index (χ0n) is 15.9. The Morgan fingerprint density at radius 3 is 2.57 bits per heavy atom. The van der Waals surface area contributed by atoms with E-state index in [0.717, 1.165) is 15.8 Å². The Labute approximate surface area is 167 Å². The Bertz CT molecular complexity index is 1030. The molecule has 0 unspecified atom stereocenters. The molecule has 0 spiro atoms. The fraction of sp³-hybridized carbons (Fsp3) is 0.250. The van der Waals surface area contributed by atoms with Crippen LogP contribution in [0.25, 0.3) is 10.2 Å². The maximum Gasteiger partial charge on any atom is 0.317 e. The largest absolute Gasteiger partial charge is 0.337 e. The van der Waals surface area contributed by atoms with E-state index in [1.807, 2.05) is 66.2 Å². The van der Waals surface area contributed by atoms with Gasteiger partial charge in [0, 0.05) is 33.6 Å². The van der Waals surface area contributed by atoms with Crippen molar-refractivity contribution in [3.05, 3.63) is 65.0 Å². The standard InChI is InChI=1S/C20H23N5O2S/c1-24(14-15-8-4-3-5-9-15)19(27)21-13-12-18(26)22-23-20-25(2)16-10-6-7-11-17(16)28-20/h3-11H,12-14H2,1-2H3,(H,21,27)(H,22,26)/b23-20+. The van der Waals surface area contributed by atoms with Gasteiger partial charge in [-0.1, -0.05) is 53.8 Å². The van der Waals surface area contributed by atoms with Crippen LogP contribution in [0.2, 0.25) is 0 Å². The number of urea groups is 1. The lowest BCUT2D eigenvalue weighted by atomic mass is 10.2. The highest BCUT2D eigenvalue weighted by Gasteiger charge is 2.09. The molecule has 0 aliphatic heterocycles. The molecule has 3 rings (SSSR count). The van der Waals surface area contributed by atoms with Crippen molar-refractivity contribution in [2.75, 3.05) is 13.6 Å². The van der Waals surface area contributed by atoms with Crippen molar-refractivity contribution in [2.24, 2.45) is 12.1 Å². The number of nitrogens with zero attached hydrogens (tertiary/aromatic N) is 3. The average molecular weight is 398 g/mol. The predicted octanol–water partition coefficient (Wildman–Crippen LogP) is 2.40. The van der Waals surface area contributed by atoms with E-state index in [1.165, 1.54) is 11.3 Å². The second-order valence-electron chi connectivity index (χ2n) is 6.38. The molecule has 0 aliphatic carbocycles. The summed E-state index contributed by atoms with van der Waals surface area (Å²) in [4.78, 5) is 26.4. The lowest BCUT2D eigenvalue weighted by molar-refractivity contribution is -0.121. The van der Waals surface area contributed by atoms with Crippen molar-refractivity contribution < 1.29 is 9.59 Å². The van der Waals surface area contributed by atoms with Gasteiger partial charge < -0.3 is 14.8 Å². The maximum atomic E-state index is 12.1. The Balaban J connectivity index is 1.46. The molecule has 0 atom stereocenters. The highest BCUT2D eigenvalue weighted by Crippen LogP contribution is 2.14. The summed E-state index contributed by atoms with van der Waals surface area (Å²) < 4.78 is 3.03. The molecule has 0 radical (unpaired) electrons. The summed E-state index contributed by atoms with van der Waals surface area (Å²) in [5.74, 6) is -0.247. The first-order chi connectivity index (χ1) is 13.5. The Morgan fingerprint density at radius 1 is 1.11 bits per heavy atom. The number of fused-ring (bicyclic) bond motifs is 1. The van der Waals surface area contributed by atoms with Crippen LogP contribution in [-0.4, -0.2) is 35.0 Å². The molecular formula is C20H23N5O2S. The zero-order chi connectivity index (χ0) is 19.9. The summed E-state index contributed by atoms with van der Waals surface area (Å²) in [5, 5.41) is 6.94. The molecule has 0 saturated heterocycles. The molecule has 28 heavy (non-hydrogen) atoms. The third kappa shape index (κ3) is 4.98. The van der Waals surface area contributed by atoms with Crippen molar-refractivity contribution in [1.82, 2.24) is 20.2 Å². The molecule has 7 nitrogen and oxygen atoms in total. The number of para-hydroxylation sites is 1. The fourth-order valence-corrected chi connectivity index (χ4v) is 3.68. The van der Waals surface area contributed by atoms with Gasteiger partial charge in [-0.25, -0.2) is 10.2 Å². The van der Waals surface area contributed by atoms with E-state index in [2.05, 4.69) is 15.8 Å². The number of hydrogen-bond acceptors (Lipinski definition) is 4. The van der Waals surface area contributed by atoms with Gasteiger partial charge in [-0.15, -0.1) is 5.10 Å². The van der Waals surface area contributed by atoms with Crippen molar-refractivity contribution in [3.63, 3.8) is 0 Å². The van der Waals surface area contributed by atoms with Gasteiger partial charge in [-0.05, 0) is 17.7 Å². The van der Waals surface area contributed by atoms with Gasteiger partial charge in [0.15, 0.2) is 0 Å². The first-order valence-electron chi connectivity index (χ1n) is 8.94. The van der Waals surface area contributed by atoms with E-state index in [1.54, 1.807) is 11.9 Å². The zero-order valence-corrected chi connectivity index (χ0v) is 16.7. The van der Waals surface area contributed by atoms with Crippen LogP contribution in [0.15, 0.2) is 59.7 Å². The highest BCUT2D eigenvalue weighted by atomic mass is 32.1. The summed E-state index contributed by atoms with van der Waals surface area (Å²) in [5.41, 5.74) is 4.67. The third-order valence-electron chi connectivity index (χ3n) is 4.23. The molecular weight excluding hydrogens is 374 g/mol. The Kier molecular flexibility index (Phi) is 6.44. The molecule has 0 aliphatic rings. The Morgan fingerprint density at radius 2 is 1.82 bits per heavy atom. The number of nitrogens with one attached hydrogen (secondary N) is 2. The number of aryl methyl sites for hydroxylation is 1. The molecule has 1 aromatic heterocycles. The number of carbonyl (C=O) groups excluding carboxylic acids is 2. The fourth-order valence-electron chi connectivity index (χ4n) is 2.70. The molecule has 3 aromatic rings. The van der Waals surface area contributed by atoms with Crippen LogP contribution >= 0.6 is 11.3 Å². The van der Waals surface area contributed by atoms with Crippen LogP contribution in [0.5, 0.6) is 0 Å². The number of aromatic nitrogens is 1. The maximum absolute atomic E-state index is 12.1. The summed E-state index contributed by atoms with van der Waals surface area (Å²) in [6.45, 7) is 0.758. The van der Waals surface area contributed by atoms with Gasteiger partial charge >= 0.3 is 6.03 Å². The number of rotatable bonds is 6. The minimum atomic E-state index is -0.247.